The number of ether oxygens (including phenoxy) is 1. The number of benzene rings is 2. The van der Waals surface area contributed by atoms with E-state index >= 15 is 0 Å². The normalized spacial score (nSPS) is 15.4. The SMILES string of the molecule is COc1cccc(NC(=O)C[NH+](C)CC(=O)N2CC[NH+](Cc3ccccc3C)CC2)c1. The number of quaternary nitrogens is 2. The lowest BCUT2D eigenvalue weighted by Gasteiger charge is -2.32. The van der Waals surface area contributed by atoms with Crippen molar-refractivity contribution in [1.29, 1.82) is 0 Å². The summed E-state index contributed by atoms with van der Waals surface area (Å²) in [4.78, 5) is 29.3. The van der Waals surface area contributed by atoms with Gasteiger partial charge in [0.1, 0.15) is 12.3 Å². The Hall–Kier alpha value is -2.90. The molecule has 0 radical (unpaired) electrons. The van der Waals surface area contributed by atoms with E-state index in [-0.39, 0.29) is 18.4 Å². The molecule has 1 aliphatic heterocycles. The molecule has 1 saturated heterocycles. The van der Waals surface area contributed by atoms with Crippen LogP contribution in [0.1, 0.15) is 11.1 Å². The van der Waals surface area contributed by atoms with E-state index in [0.717, 1.165) is 37.6 Å². The summed E-state index contributed by atoms with van der Waals surface area (Å²) in [7, 11) is 3.47. The van der Waals surface area contributed by atoms with Crippen LogP contribution in [0.4, 0.5) is 5.69 Å². The Labute approximate surface area is 184 Å². The number of likely N-dealkylation sites (N-methyl/N-ethyl adjacent to an activating group) is 1. The number of aryl methyl sites for hydroxylation is 1. The van der Waals surface area contributed by atoms with E-state index in [1.165, 1.54) is 16.0 Å². The topological polar surface area (TPSA) is 67.5 Å². The average molecular weight is 427 g/mol. The van der Waals surface area contributed by atoms with Gasteiger partial charge in [-0.05, 0) is 24.6 Å². The number of nitrogens with zero attached hydrogens (tertiary/aromatic N) is 1. The van der Waals surface area contributed by atoms with Crippen LogP contribution in [0.5, 0.6) is 5.75 Å². The highest BCUT2D eigenvalue weighted by Crippen LogP contribution is 2.16. The fraction of sp³-hybridized carbons (Fsp3) is 0.417. The van der Waals surface area contributed by atoms with Crippen LogP contribution in [0.25, 0.3) is 0 Å². The van der Waals surface area contributed by atoms with Gasteiger partial charge >= 0.3 is 0 Å². The number of amides is 2. The third kappa shape index (κ3) is 6.80. The predicted octanol–water partition coefficient (Wildman–Crippen LogP) is -0.616. The molecule has 7 heteroatoms. The quantitative estimate of drug-likeness (QED) is 0.527. The van der Waals surface area contributed by atoms with Crippen LogP contribution in [-0.2, 0) is 16.1 Å². The van der Waals surface area contributed by atoms with Gasteiger partial charge in [-0.3, -0.25) is 9.59 Å². The Morgan fingerprint density at radius 3 is 2.55 bits per heavy atom. The molecule has 1 unspecified atom stereocenters. The number of piperazine rings is 1. The molecule has 166 valence electrons. The van der Waals surface area contributed by atoms with Gasteiger partial charge < -0.3 is 24.8 Å². The summed E-state index contributed by atoms with van der Waals surface area (Å²) in [6, 6.07) is 15.7. The van der Waals surface area contributed by atoms with Crippen molar-refractivity contribution in [2.24, 2.45) is 0 Å². The van der Waals surface area contributed by atoms with Crippen molar-refractivity contribution >= 4 is 17.5 Å². The Kier molecular flexibility index (Phi) is 8.03. The van der Waals surface area contributed by atoms with E-state index in [2.05, 4.69) is 36.5 Å². The second kappa shape index (κ2) is 10.9. The lowest BCUT2D eigenvalue weighted by molar-refractivity contribution is -0.917. The van der Waals surface area contributed by atoms with Gasteiger partial charge in [0, 0.05) is 17.3 Å². The zero-order chi connectivity index (χ0) is 22.2. The van der Waals surface area contributed by atoms with Crippen LogP contribution in [0.15, 0.2) is 48.5 Å². The van der Waals surface area contributed by atoms with Gasteiger partial charge in [-0.2, -0.15) is 0 Å². The van der Waals surface area contributed by atoms with Crippen LogP contribution in [0.3, 0.4) is 0 Å². The van der Waals surface area contributed by atoms with Crippen molar-refractivity contribution in [1.82, 2.24) is 4.90 Å². The number of methoxy groups -OCH3 is 1. The molecular weight excluding hydrogens is 392 g/mol. The summed E-state index contributed by atoms with van der Waals surface area (Å²) < 4.78 is 5.18. The van der Waals surface area contributed by atoms with Crippen molar-refractivity contribution in [2.75, 3.05) is 58.7 Å². The zero-order valence-electron chi connectivity index (χ0n) is 18.7. The summed E-state index contributed by atoms with van der Waals surface area (Å²) in [5.41, 5.74) is 3.39. The summed E-state index contributed by atoms with van der Waals surface area (Å²) in [6.45, 7) is 7.15. The highest BCUT2D eigenvalue weighted by Gasteiger charge is 2.26. The summed E-state index contributed by atoms with van der Waals surface area (Å²) in [5, 5.41) is 2.87. The Morgan fingerprint density at radius 2 is 1.84 bits per heavy atom. The number of hydrogen-bond donors (Lipinski definition) is 3. The molecule has 2 amide bonds. The van der Waals surface area contributed by atoms with E-state index in [4.69, 9.17) is 4.74 Å². The number of rotatable bonds is 8. The molecule has 1 fully saturated rings. The average Bonchev–Trinajstić information content (AvgIpc) is 2.75. The predicted molar refractivity (Wildman–Crippen MR) is 120 cm³/mol. The number of carbonyl (C=O) groups is 2. The Bertz CT molecular complexity index is 894. The van der Waals surface area contributed by atoms with Gasteiger partial charge in [-0.25, -0.2) is 0 Å². The third-order valence-electron chi connectivity index (χ3n) is 5.79. The van der Waals surface area contributed by atoms with E-state index in [1.54, 1.807) is 13.2 Å². The van der Waals surface area contributed by atoms with Gasteiger partial charge in [0.05, 0.1) is 40.3 Å². The minimum atomic E-state index is -0.119. The van der Waals surface area contributed by atoms with Gasteiger partial charge in [-0.15, -0.1) is 0 Å². The minimum absolute atomic E-state index is 0.113. The number of carbonyl (C=O) groups excluding carboxylic acids is 2. The molecule has 1 aliphatic rings. The van der Waals surface area contributed by atoms with Crippen LogP contribution in [-0.4, -0.2) is 70.1 Å². The first-order chi connectivity index (χ1) is 14.9. The largest absolute Gasteiger partial charge is 0.497 e. The van der Waals surface area contributed by atoms with E-state index in [0.29, 0.717) is 18.0 Å². The van der Waals surface area contributed by atoms with E-state index < -0.39 is 0 Å². The molecule has 0 aliphatic carbocycles. The molecule has 1 heterocycles. The van der Waals surface area contributed by atoms with Crippen molar-refractivity contribution in [3.05, 3.63) is 59.7 Å². The van der Waals surface area contributed by atoms with Gasteiger partial charge in [0.2, 0.25) is 0 Å². The summed E-state index contributed by atoms with van der Waals surface area (Å²) >= 11 is 0. The van der Waals surface area contributed by atoms with Crippen LogP contribution in [0, 0.1) is 6.92 Å². The van der Waals surface area contributed by atoms with Crippen molar-refractivity contribution in [3.8, 4) is 5.75 Å². The maximum Gasteiger partial charge on any atom is 0.279 e. The molecule has 2 aromatic carbocycles. The van der Waals surface area contributed by atoms with E-state index in [1.807, 2.05) is 30.1 Å². The van der Waals surface area contributed by atoms with Crippen molar-refractivity contribution in [2.45, 2.75) is 13.5 Å². The first-order valence-electron chi connectivity index (χ1n) is 10.9. The summed E-state index contributed by atoms with van der Waals surface area (Å²) in [5.74, 6) is 0.685. The lowest BCUT2D eigenvalue weighted by atomic mass is 10.1. The van der Waals surface area contributed by atoms with Crippen LogP contribution < -0.4 is 19.9 Å². The van der Waals surface area contributed by atoms with E-state index in [9.17, 15) is 9.59 Å². The molecule has 0 bridgehead atoms. The van der Waals surface area contributed by atoms with Crippen molar-refractivity contribution in [3.63, 3.8) is 0 Å². The first kappa shape index (κ1) is 22.8. The number of nitrogens with one attached hydrogen (secondary N) is 3. The lowest BCUT2D eigenvalue weighted by Crippen LogP contribution is -3.14. The molecule has 1 atom stereocenters. The number of hydrogen-bond acceptors (Lipinski definition) is 3. The zero-order valence-corrected chi connectivity index (χ0v) is 18.7. The molecule has 2 aromatic rings. The molecule has 0 saturated carbocycles. The minimum Gasteiger partial charge on any atom is -0.497 e. The summed E-state index contributed by atoms with van der Waals surface area (Å²) in [6.07, 6.45) is 0. The van der Waals surface area contributed by atoms with Gasteiger partial charge in [-0.1, -0.05) is 30.3 Å². The molecule has 31 heavy (non-hydrogen) atoms. The van der Waals surface area contributed by atoms with Crippen LogP contribution in [0.2, 0.25) is 0 Å². The molecule has 7 nitrogen and oxygen atoms in total. The Morgan fingerprint density at radius 1 is 1.10 bits per heavy atom. The maximum atomic E-state index is 12.7. The van der Waals surface area contributed by atoms with Gasteiger partial charge in [0.25, 0.3) is 11.8 Å². The molecule has 3 rings (SSSR count). The molecule has 0 spiro atoms. The van der Waals surface area contributed by atoms with Crippen molar-refractivity contribution < 1.29 is 24.1 Å². The highest BCUT2D eigenvalue weighted by molar-refractivity contribution is 5.91. The smallest absolute Gasteiger partial charge is 0.279 e. The van der Waals surface area contributed by atoms with Crippen LogP contribution >= 0.6 is 0 Å². The maximum absolute atomic E-state index is 12.7. The highest BCUT2D eigenvalue weighted by atomic mass is 16.5. The van der Waals surface area contributed by atoms with Gasteiger partial charge in [0.15, 0.2) is 13.1 Å². The first-order valence-corrected chi connectivity index (χ1v) is 10.9. The fourth-order valence-corrected chi connectivity index (χ4v) is 3.94. The second-order valence-corrected chi connectivity index (χ2v) is 8.32. The second-order valence-electron chi connectivity index (χ2n) is 8.32. The fourth-order valence-electron chi connectivity index (χ4n) is 3.94. The third-order valence-corrected chi connectivity index (χ3v) is 5.79. The standard InChI is InChI=1S/C24H32N4O3/c1-19-7-4-5-8-20(19)16-27-11-13-28(14-12-27)24(30)18-26(2)17-23(29)25-21-9-6-10-22(15-21)31-3/h4-10,15H,11-14,16-18H2,1-3H3,(H,25,29)/p+2. The number of anilines is 1. The molecular formula is C24H34N4O3+2. The monoisotopic (exact) mass is 426 g/mol. The molecule has 3 N–H and O–H groups in total. The molecule has 0 aromatic heterocycles. The Balaban J connectivity index is 1.40.